The minimum atomic E-state index is 0.449. The van der Waals surface area contributed by atoms with E-state index in [9.17, 15) is 0 Å². The van der Waals surface area contributed by atoms with Crippen LogP contribution >= 0.6 is 11.3 Å². The Labute approximate surface area is 142 Å². The second-order valence-corrected chi connectivity index (χ2v) is 7.63. The maximum absolute atomic E-state index is 5.75. The Morgan fingerprint density at radius 1 is 1.39 bits per heavy atom. The summed E-state index contributed by atoms with van der Waals surface area (Å²) in [7, 11) is 0. The number of hydrogen-bond donors (Lipinski definition) is 0. The van der Waals surface area contributed by atoms with E-state index in [1.807, 2.05) is 0 Å². The molecule has 1 atom stereocenters. The third-order valence-electron chi connectivity index (χ3n) is 4.81. The summed E-state index contributed by atoms with van der Waals surface area (Å²) in [4.78, 5) is 2.52. The fourth-order valence-corrected chi connectivity index (χ4v) is 4.11. The zero-order valence-corrected chi connectivity index (χ0v) is 14.6. The summed E-state index contributed by atoms with van der Waals surface area (Å²) in [6.45, 7) is 7.80. The summed E-state index contributed by atoms with van der Waals surface area (Å²) in [5.41, 5.74) is 4.09. The standard InChI is InChI=1S/C18H25N3OS/c1-2-22-12-16-9-20(7-15-5-6-23-13-15)11-18-17(16)10-21(19-18)8-14-3-4-14/h5-6,10,13-14,16H,2-4,7-9,11-12H2,1H3/t16-/m0/s1. The Bertz CT molecular complexity index is 633. The summed E-state index contributed by atoms with van der Waals surface area (Å²) in [5, 5.41) is 9.30. The third-order valence-corrected chi connectivity index (χ3v) is 5.55. The van der Waals surface area contributed by atoms with Gasteiger partial charge in [0.2, 0.25) is 0 Å². The molecule has 0 N–H and O–H groups in total. The van der Waals surface area contributed by atoms with Gasteiger partial charge in [-0.1, -0.05) is 0 Å². The highest BCUT2D eigenvalue weighted by Gasteiger charge is 2.30. The van der Waals surface area contributed by atoms with Crippen molar-refractivity contribution in [2.75, 3.05) is 19.8 Å². The van der Waals surface area contributed by atoms with Gasteiger partial charge >= 0.3 is 0 Å². The van der Waals surface area contributed by atoms with Gasteiger partial charge in [0.1, 0.15) is 0 Å². The molecule has 0 spiro atoms. The normalized spacial score (nSPS) is 21.5. The molecule has 0 radical (unpaired) electrons. The number of rotatable bonds is 7. The Balaban J connectivity index is 1.51. The van der Waals surface area contributed by atoms with Crippen LogP contribution in [-0.2, 0) is 24.4 Å². The molecular weight excluding hydrogens is 306 g/mol. The molecule has 2 aromatic heterocycles. The lowest BCUT2D eigenvalue weighted by Crippen LogP contribution is -2.34. The van der Waals surface area contributed by atoms with Gasteiger partial charge in [-0.15, -0.1) is 0 Å². The molecule has 0 amide bonds. The van der Waals surface area contributed by atoms with Crippen LogP contribution in [0.5, 0.6) is 0 Å². The van der Waals surface area contributed by atoms with Gasteiger partial charge in [0.05, 0.1) is 12.3 Å². The van der Waals surface area contributed by atoms with Gasteiger partial charge in [-0.05, 0) is 48.1 Å². The van der Waals surface area contributed by atoms with Crippen LogP contribution < -0.4 is 0 Å². The van der Waals surface area contributed by atoms with Crippen LogP contribution in [0.2, 0.25) is 0 Å². The monoisotopic (exact) mass is 331 g/mol. The first-order chi connectivity index (χ1) is 11.3. The van der Waals surface area contributed by atoms with E-state index in [0.29, 0.717) is 5.92 Å². The molecule has 0 bridgehead atoms. The molecule has 124 valence electrons. The Morgan fingerprint density at radius 3 is 3.04 bits per heavy atom. The Kier molecular flexibility index (Phi) is 4.51. The van der Waals surface area contributed by atoms with Crippen molar-refractivity contribution in [1.29, 1.82) is 0 Å². The van der Waals surface area contributed by atoms with Crippen LogP contribution in [0, 0.1) is 5.92 Å². The average Bonchev–Trinajstić information content (AvgIpc) is 3.04. The number of thiophene rings is 1. The second kappa shape index (κ2) is 6.75. The van der Waals surface area contributed by atoms with Crippen molar-refractivity contribution in [2.24, 2.45) is 5.92 Å². The van der Waals surface area contributed by atoms with E-state index in [-0.39, 0.29) is 0 Å². The van der Waals surface area contributed by atoms with Gasteiger partial charge in [-0.25, -0.2) is 0 Å². The van der Waals surface area contributed by atoms with Crippen molar-refractivity contribution >= 4 is 11.3 Å². The molecule has 23 heavy (non-hydrogen) atoms. The molecule has 0 saturated heterocycles. The maximum Gasteiger partial charge on any atom is 0.0801 e. The first-order valence-electron chi connectivity index (χ1n) is 8.69. The molecule has 0 aromatic carbocycles. The SMILES string of the molecule is CCOC[C@@H]1CN(Cc2ccsc2)Cc2nn(CC3CC3)cc21. The lowest BCUT2D eigenvalue weighted by molar-refractivity contribution is 0.105. The van der Waals surface area contributed by atoms with E-state index in [1.165, 1.54) is 29.7 Å². The fraction of sp³-hybridized carbons (Fsp3) is 0.611. The van der Waals surface area contributed by atoms with Crippen LogP contribution in [0.1, 0.15) is 42.5 Å². The quantitative estimate of drug-likeness (QED) is 0.778. The van der Waals surface area contributed by atoms with Crippen LogP contribution in [-0.4, -0.2) is 34.4 Å². The largest absolute Gasteiger partial charge is 0.381 e. The van der Waals surface area contributed by atoms with E-state index in [0.717, 1.165) is 45.3 Å². The van der Waals surface area contributed by atoms with E-state index in [4.69, 9.17) is 9.84 Å². The zero-order chi connectivity index (χ0) is 15.6. The Hall–Kier alpha value is -1.17. The minimum absolute atomic E-state index is 0.449. The van der Waals surface area contributed by atoms with Crippen molar-refractivity contribution in [3.63, 3.8) is 0 Å². The highest BCUT2D eigenvalue weighted by Crippen LogP contribution is 2.33. The van der Waals surface area contributed by atoms with Gasteiger partial charge in [0.25, 0.3) is 0 Å². The lowest BCUT2D eigenvalue weighted by Gasteiger charge is -2.31. The summed E-state index contributed by atoms with van der Waals surface area (Å²) in [6, 6.07) is 2.23. The predicted octanol–water partition coefficient (Wildman–Crippen LogP) is 3.49. The minimum Gasteiger partial charge on any atom is -0.381 e. The molecular formula is C18H25N3OS. The van der Waals surface area contributed by atoms with Crippen molar-refractivity contribution in [2.45, 2.75) is 45.3 Å². The number of hydrogen-bond acceptors (Lipinski definition) is 4. The van der Waals surface area contributed by atoms with E-state index in [2.05, 4.69) is 39.5 Å². The first-order valence-corrected chi connectivity index (χ1v) is 9.63. The van der Waals surface area contributed by atoms with Crippen molar-refractivity contribution in [3.8, 4) is 0 Å². The van der Waals surface area contributed by atoms with Crippen molar-refractivity contribution in [1.82, 2.24) is 14.7 Å². The van der Waals surface area contributed by atoms with Crippen molar-refractivity contribution < 1.29 is 4.74 Å². The molecule has 1 aliphatic heterocycles. The smallest absolute Gasteiger partial charge is 0.0801 e. The van der Waals surface area contributed by atoms with Gasteiger partial charge in [-0.3, -0.25) is 9.58 Å². The van der Waals surface area contributed by atoms with Gasteiger partial charge in [0.15, 0.2) is 0 Å². The molecule has 2 aliphatic rings. The second-order valence-electron chi connectivity index (χ2n) is 6.85. The van der Waals surface area contributed by atoms with E-state index >= 15 is 0 Å². The van der Waals surface area contributed by atoms with Crippen molar-refractivity contribution in [3.05, 3.63) is 39.8 Å². The maximum atomic E-state index is 5.75. The molecule has 1 aliphatic carbocycles. The van der Waals surface area contributed by atoms with Crippen LogP contribution in [0.25, 0.3) is 0 Å². The number of nitrogens with zero attached hydrogens (tertiary/aromatic N) is 3. The van der Waals surface area contributed by atoms with E-state index in [1.54, 1.807) is 11.3 Å². The highest BCUT2D eigenvalue weighted by molar-refractivity contribution is 7.07. The molecule has 4 rings (SSSR count). The average molecular weight is 331 g/mol. The Morgan fingerprint density at radius 2 is 2.30 bits per heavy atom. The highest BCUT2D eigenvalue weighted by atomic mass is 32.1. The molecule has 0 unspecified atom stereocenters. The number of ether oxygens (including phenoxy) is 1. The van der Waals surface area contributed by atoms with E-state index < -0.39 is 0 Å². The number of aromatic nitrogens is 2. The topological polar surface area (TPSA) is 30.3 Å². The molecule has 1 saturated carbocycles. The van der Waals surface area contributed by atoms with Gasteiger partial charge in [0, 0.05) is 50.5 Å². The van der Waals surface area contributed by atoms with Gasteiger partial charge in [-0.2, -0.15) is 16.4 Å². The van der Waals surface area contributed by atoms with Crippen LogP contribution in [0.3, 0.4) is 0 Å². The summed E-state index contributed by atoms with van der Waals surface area (Å²) in [6.07, 6.45) is 5.04. The predicted molar refractivity (Wildman–Crippen MR) is 92.6 cm³/mol. The molecule has 4 nitrogen and oxygen atoms in total. The molecule has 5 heteroatoms. The summed E-state index contributed by atoms with van der Waals surface area (Å²) in [5.74, 6) is 1.31. The lowest BCUT2D eigenvalue weighted by atomic mass is 9.95. The van der Waals surface area contributed by atoms with Crippen LogP contribution in [0.4, 0.5) is 0 Å². The van der Waals surface area contributed by atoms with Crippen LogP contribution in [0.15, 0.2) is 23.0 Å². The summed E-state index contributed by atoms with van der Waals surface area (Å²) >= 11 is 1.78. The zero-order valence-electron chi connectivity index (χ0n) is 13.8. The third kappa shape index (κ3) is 3.67. The fourth-order valence-electron chi connectivity index (χ4n) is 3.45. The first kappa shape index (κ1) is 15.4. The molecule has 2 aromatic rings. The molecule has 3 heterocycles. The summed E-state index contributed by atoms with van der Waals surface area (Å²) < 4.78 is 7.94. The van der Waals surface area contributed by atoms with Gasteiger partial charge < -0.3 is 4.74 Å². The number of fused-ring (bicyclic) bond motifs is 1. The molecule has 1 fully saturated rings.